The quantitative estimate of drug-likeness (QED) is 0.749. The van der Waals surface area contributed by atoms with Crippen LogP contribution in [0.5, 0.6) is 0 Å². The van der Waals surface area contributed by atoms with Gasteiger partial charge in [-0.05, 0) is 31.0 Å². The average Bonchev–Trinajstić information content (AvgIpc) is 3.50. The molecule has 0 radical (unpaired) electrons. The van der Waals surface area contributed by atoms with Crippen molar-refractivity contribution in [2.45, 2.75) is 18.9 Å². The molecule has 1 aliphatic carbocycles. The number of carbonyl (C=O) groups excluding carboxylic acids is 3. The molecular weight excluding hydrogens is 354 g/mol. The predicted octanol–water partition coefficient (Wildman–Crippen LogP) is 1.36. The summed E-state index contributed by atoms with van der Waals surface area (Å²) in [6.45, 7) is -0.0159. The lowest BCUT2D eigenvalue weighted by Gasteiger charge is -2.31. The van der Waals surface area contributed by atoms with Gasteiger partial charge in [-0.3, -0.25) is 0 Å². The highest BCUT2D eigenvalue weighted by Gasteiger charge is 2.32. The van der Waals surface area contributed by atoms with Gasteiger partial charge in [-0.2, -0.15) is 0 Å². The van der Waals surface area contributed by atoms with E-state index in [1.54, 1.807) is 24.3 Å². The molecule has 1 saturated carbocycles. The summed E-state index contributed by atoms with van der Waals surface area (Å²) >= 11 is 0. The Kier molecular flexibility index (Phi) is 5.60. The Morgan fingerprint density at radius 2 is 1.89 bits per heavy atom. The zero-order chi connectivity index (χ0) is 19.4. The molecule has 1 aromatic rings. The van der Waals surface area contributed by atoms with Gasteiger partial charge in [-0.25, -0.2) is 14.4 Å². The molecule has 3 rings (SSSR count). The minimum atomic E-state index is -0.677. The third-order valence-electron chi connectivity index (χ3n) is 4.16. The number of anilines is 2. The van der Waals surface area contributed by atoms with Crippen molar-refractivity contribution in [1.29, 1.82) is 0 Å². The molecule has 1 heterocycles. The highest BCUT2D eigenvalue weighted by Crippen LogP contribution is 2.28. The monoisotopic (exact) mass is 375 g/mol. The molecule has 0 saturated heterocycles. The Morgan fingerprint density at radius 3 is 2.56 bits per heavy atom. The standard InChI is InChI=1S/C18H21N3O6/c1-25-16(22)14-9-27-10-21(15(14)17(23)26-2)13-5-3-4-12(8-13)20-18(24)19-11-6-7-11/h3-5,8,11H,6-7,9-10H2,1-2H3,(H2,19,20,24). The van der Waals surface area contributed by atoms with Gasteiger partial charge in [0, 0.05) is 17.4 Å². The summed E-state index contributed by atoms with van der Waals surface area (Å²) in [6.07, 6.45) is 1.98. The summed E-state index contributed by atoms with van der Waals surface area (Å²) in [7, 11) is 2.46. The van der Waals surface area contributed by atoms with E-state index in [9.17, 15) is 14.4 Å². The van der Waals surface area contributed by atoms with Crippen LogP contribution in [0.2, 0.25) is 0 Å². The zero-order valence-corrected chi connectivity index (χ0v) is 15.1. The zero-order valence-electron chi connectivity index (χ0n) is 15.1. The number of urea groups is 1. The van der Waals surface area contributed by atoms with E-state index < -0.39 is 11.9 Å². The van der Waals surface area contributed by atoms with Crippen LogP contribution in [0.15, 0.2) is 35.5 Å². The molecule has 1 aromatic carbocycles. The molecule has 2 N–H and O–H groups in total. The van der Waals surface area contributed by atoms with Crippen LogP contribution in [-0.4, -0.2) is 51.6 Å². The van der Waals surface area contributed by atoms with Crippen LogP contribution < -0.4 is 15.5 Å². The van der Waals surface area contributed by atoms with E-state index in [1.807, 2.05) is 0 Å². The molecule has 1 aliphatic heterocycles. The maximum atomic E-state index is 12.3. The largest absolute Gasteiger partial charge is 0.466 e. The van der Waals surface area contributed by atoms with Gasteiger partial charge in [0.25, 0.3) is 0 Å². The summed E-state index contributed by atoms with van der Waals surface area (Å²) in [5, 5.41) is 5.59. The third-order valence-corrected chi connectivity index (χ3v) is 4.16. The molecule has 9 heteroatoms. The first kappa shape index (κ1) is 18.7. The number of benzene rings is 1. The number of nitrogens with one attached hydrogen (secondary N) is 2. The average molecular weight is 375 g/mol. The molecule has 27 heavy (non-hydrogen) atoms. The fourth-order valence-electron chi connectivity index (χ4n) is 2.68. The SMILES string of the molecule is COC(=O)C1=C(C(=O)OC)N(c2cccc(NC(=O)NC3CC3)c2)COC1. The van der Waals surface area contributed by atoms with E-state index in [-0.39, 0.29) is 36.7 Å². The molecule has 0 bridgehead atoms. The Morgan fingerprint density at radius 1 is 1.15 bits per heavy atom. The van der Waals surface area contributed by atoms with Crippen molar-refractivity contribution in [3.05, 3.63) is 35.5 Å². The maximum absolute atomic E-state index is 12.3. The summed E-state index contributed by atoms with van der Waals surface area (Å²) in [4.78, 5) is 37.8. The summed E-state index contributed by atoms with van der Waals surface area (Å²) in [5.74, 6) is -1.35. The van der Waals surface area contributed by atoms with Crippen molar-refractivity contribution in [1.82, 2.24) is 5.32 Å². The van der Waals surface area contributed by atoms with Crippen LogP contribution in [0.25, 0.3) is 0 Å². The van der Waals surface area contributed by atoms with Crippen molar-refractivity contribution >= 4 is 29.3 Å². The highest BCUT2D eigenvalue weighted by atomic mass is 16.5. The van der Waals surface area contributed by atoms with E-state index in [0.717, 1.165) is 12.8 Å². The van der Waals surface area contributed by atoms with Crippen LogP contribution in [-0.2, 0) is 23.8 Å². The van der Waals surface area contributed by atoms with Gasteiger partial charge in [0.05, 0.1) is 26.4 Å². The first-order valence-electron chi connectivity index (χ1n) is 8.46. The number of amides is 2. The fraction of sp³-hybridized carbons (Fsp3) is 0.389. The molecule has 0 atom stereocenters. The minimum Gasteiger partial charge on any atom is -0.466 e. The second-order valence-electron chi connectivity index (χ2n) is 6.14. The minimum absolute atomic E-state index is 0.0443. The maximum Gasteiger partial charge on any atom is 0.355 e. The first-order chi connectivity index (χ1) is 13.0. The molecule has 0 unspecified atom stereocenters. The Hall–Kier alpha value is -3.07. The van der Waals surface area contributed by atoms with Crippen molar-refractivity contribution in [3.63, 3.8) is 0 Å². The lowest BCUT2D eigenvalue weighted by molar-refractivity contribution is -0.140. The van der Waals surface area contributed by atoms with E-state index in [4.69, 9.17) is 14.2 Å². The van der Waals surface area contributed by atoms with E-state index in [1.165, 1.54) is 19.1 Å². The predicted molar refractivity (Wildman–Crippen MR) is 96.0 cm³/mol. The molecule has 2 aliphatic rings. The number of hydrogen-bond acceptors (Lipinski definition) is 7. The number of ether oxygens (including phenoxy) is 3. The van der Waals surface area contributed by atoms with Crippen LogP contribution in [0.4, 0.5) is 16.2 Å². The number of hydrogen-bond donors (Lipinski definition) is 2. The van der Waals surface area contributed by atoms with Gasteiger partial charge in [-0.1, -0.05) is 6.07 Å². The van der Waals surface area contributed by atoms with Gasteiger partial charge in [0.1, 0.15) is 12.4 Å². The van der Waals surface area contributed by atoms with Crippen LogP contribution >= 0.6 is 0 Å². The molecule has 0 aromatic heterocycles. The molecule has 1 fully saturated rings. The smallest absolute Gasteiger partial charge is 0.355 e. The van der Waals surface area contributed by atoms with Gasteiger partial charge in [0.15, 0.2) is 0 Å². The molecule has 144 valence electrons. The van der Waals surface area contributed by atoms with Gasteiger partial charge < -0.3 is 29.7 Å². The van der Waals surface area contributed by atoms with Gasteiger partial charge >= 0.3 is 18.0 Å². The summed E-state index contributed by atoms with van der Waals surface area (Å²) in [5.41, 5.74) is 1.22. The van der Waals surface area contributed by atoms with E-state index >= 15 is 0 Å². The normalized spacial score (nSPS) is 16.6. The van der Waals surface area contributed by atoms with Crippen LogP contribution in [0, 0.1) is 0 Å². The number of esters is 2. The van der Waals surface area contributed by atoms with Crippen molar-refractivity contribution in [3.8, 4) is 0 Å². The lowest BCUT2D eigenvalue weighted by Crippen LogP contribution is -2.38. The lowest BCUT2D eigenvalue weighted by atomic mass is 10.1. The fourth-order valence-corrected chi connectivity index (χ4v) is 2.68. The summed E-state index contributed by atoms with van der Waals surface area (Å²) < 4.78 is 15.0. The Bertz CT molecular complexity index is 787. The number of rotatable bonds is 5. The molecule has 2 amide bonds. The number of methoxy groups -OCH3 is 2. The van der Waals surface area contributed by atoms with Gasteiger partial charge in [-0.15, -0.1) is 0 Å². The van der Waals surface area contributed by atoms with Crippen molar-refractivity contribution in [2.75, 3.05) is 37.8 Å². The Labute approximate surface area is 156 Å². The summed E-state index contributed by atoms with van der Waals surface area (Å²) in [6, 6.07) is 6.81. The molecular formula is C18H21N3O6. The van der Waals surface area contributed by atoms with Crippen LogP contribution in [0.3, 0.4) is 0 Å². The first-order valence-corrected chi connectivity index (χ1v) is 8.46. The second-order valence-corrected chi connectivity index (χ2v) is 6.14. The van der Waals surface area contributed by atoms with Crippen molar-refractivity contribution < 1.29 is 28.6 Å². The molecule has 0 spiro atoms. The van der Waals surface area contributed by atoms with Crippen molar-refractivity contribution in [2.24, 2.45) is 0 Å². The Balaban J connectivity index is 1.88. The number of nitrogens with zero attached hydrogens (tertiary/aromatic N) is 1. The second kappa shape index (κ2) is 8.09. The third kappa shape index (κ3) is 4.37. The topological polar surface area (TPSA) is 106 Å². The molecule has 9 nitrogen and oxygen atoms in total. The highest BCUT2D eigenvalue weighted by molar-refractivity contribution is 6.03. The number of carbonyl (C=O) groups is 3. The van der Waals surface area contributed by atoms with E-state index in [2.05, 4.69) is 10.6 Å². The van der Waals surface area contributed by atoms with Crippen LogP contribution in [0.1, 0.15) is 12.8 Å². The van der Waals surface area contributed by atoms with Gasteiger partial charge in [0.2, 0.25) is 0 Å². The van der Waals surface area contributed by atoms with E-state index in [0.29, 0.717) is 11.4 Å².